The third kappa shape index (κ3) is 4.43. The molecule has 1 atom stereocenters. The number of nitrogens with one attached hydrogen (secondary N) is 1. The molecule has 0 aromatic carbocycles. The highest BCUT2D eigenvalue weighted by Crippen LogP contribution is 2.26. The Morgan fingerprint density at radius 3 is 2.67 bits per heavy atom. The number of anilines is 2. The minimum atomic E-state index is 0.400. The van der Waals surface area contributed by atoms with Gasteiger partial charge >= 0.3 is 0 Å². The highest BCUT2D eigenvalue weighted by molar-refractivity contribution is 5.45. The average Bonchev–Trinajstić information content (AvgIpc) is 2.71. The lowest BCUT2D eigenvalue weighted by atomic mass is 9.95. The first kappa shape index (κ1) is 17.5. The molecule has 4 heterocycles. The van der Waals surface area contributed by atoms with Crippen molar-refractivity contribution in [2.24, 2.45) is 0 Å². The van der Waals surface area contributed by atoms with Gasteiger partial charge in [-0.3, -0.25) is 14.9 Å². The summed E-state index contributed by atoms with van der Waals surface area (Å²) in [5.74, 6) is 1.58. The third-order valence-electron chi connectivity index (χ3n) is 4.89. The summed E-state index contributed by atoms with van der Waals surface area (Å²) in [7, 11) is 0. The number of aromatic nitrogens is 5. The van der Waals surface area contributed by atoms with E-state index in [0.717, 1.165) is 43.9 Å². The molecule has 0 spiro atoms. The summed E-state index contributed by atoms with van der Waals surface area (Å²) in [5.41, 5.74) is 3.45. The Hall–Kier alpha value is -2.93. The summed E-state index contributed by atoms with van der Waals surface area (Å²) in [6, 6.07) is 5.89. The van der Waals surface area contributed by atoms with E-state index in [-0.39, 0.29) is 0 Å². The molecule has 0 radical (unpaired) electrons. The minimum absolute atomic E-state index is 0.400. The standard InChI is InChI=1S/C20H23N7/c1-15-5-2-7-21-18(15)14-27-10-3-6-16(13-27)17-11-25-19(12-24-17)26-20-22-8-4-9-23-20/h2,4-5,7-9,11-12,16H,3,6,10,13-14H2,1H3,(H,22,23,25,26)/t16-/m1/s1. The Labute approximate surface area is 159 Å². The second-order valence-corrected chi connectivity index (χ2v) is 6.87. The van der Waals surface area contributed by atoms with Gasteiger partial charge in [-0.15, -0.1) is 0 Å². The predicted octanol–water partition coefficient (Wildman–Crippen LogP) is 3.09. The number of pyridine rings is 1. The monoisotopic (exact) mass is 361 g/mol. The van der Waals surface area contributed by atoms with Crippen molar-refractivity contribution in [1.82, 2.24) is 29.8 Å². The largest absolute Gasteiger partial charge is 0.307 e. The van der Waals surface area contributed by atoms with Crippen LogP contribution in [-0.4, -0.2) is 42.9 Å². The topological polar surface area (TPSA) is 79.7 Å². The van der Waals surface area contributed by atoms with Crippen LogP contribution in [0.5, 0.6) is 0 Å². The summed E-state index contributed by atoms with van der Waals surface area (Å²) in [5, 5.41) is 3.07. The highest BCUT2D eigenvalue weighted by Gasteiger charge is 2.23. The molecule has 7 nitrogen and oxygen atoms in total. The minimum Gasteiger partial charge on any atom is -0.307 e. The number of likely N-dealkylation sites (tertiary alicyclic amines) is 1. The van der Waals surface area contributed by atoms with Crippen LogP contribution in [0.15, 0.2) is 49.2 Å². The zero-order valence-corrected chi connectivity index (χ0v) is 15.4. The van der Waals surface area contributed by atoms with Crippen molar-refractivity contribution in [2.45, 2.75) is 32.2 Å². The fourth-order valence-electron chi connectivity index (χ4n) is 3.43. The van der Waals surface area contributed by atoms with E-state index >= 15 is 0 Å². The van der Waals surface area contributed by atoms with Gasteiger partial charge in [-0.25, -0.2) is 15.0 Å². The van der Waals surface area contributed by atoms with Gasteiger partial charge in [0.15, 0.2) is 5.82 Å². The van der Waals surface area contributed by atoms with Gasteiger partial charge in [0, 0.05) is 37.6 Å². The second kappa shape index (κ2) is 8.18. The van der Waals surface area contributed by atoms with E-state index in [1.807, 2.05) is 18.5 Å². The molecule has 0 unspecified atom stereocenters. The van der Waals surface area contributed by atoms with Crippen molar-refractivity contribution in [1.29, 1.82) is 0 Å². The first-order valence-electron chi connectivity index (χ1n) is 9.27. The summed E-state index contributed by atoms with van der Waals surface area (Å²) < 4.78 is 0. The molecule has 1 saturated heterocycles. The summed E-state index contributed by atoms with van der Waals surface area (Å²) in [6.45, 7) is 5.10. The van der Waals surface area contributed by atoms with Crippen molar-refractivity contribution in [3.8, 4) is 0 Å². The first-order valence-corrected chi connectivity index (χ1v) is 9.27. The van der Waals surface area contributed by atoms with E-state index in [1.54, 1.807) is 24.7 Å². The Kier molecular flexibility index (Phi) is 5.29. The Morgan fingerprint density at radius 2 is 1.89 bits per heavy atom. The number of aryl methyl sites for hydroxylation is 1. The lowest BCUT2D eigenvalue weighted by Crippen LogP contribution is -2.34. The molecule has 0 saturated carbocycles. The van der Waals surface area contributed by atoms with Crippen LogP contribution in [0.4, 0.5) is 11.8 Å². The lowest BCUT2D eigenvalue weighted by Gasteiger charge is -2.32. The molecular weight excluding hydrogens is 338 g/mol. The third-order valence-corrected chi connectivity index (χ3v) is 4.89. The Bertz CT molecular complexity index is 867. The van der Waals surface area contributed by atoms with Gasteiger partial charge in [-0.05, 0) is 44.0 Å². The SMILES string of the molecule is Cc1cccnc1CN1CCC[C@@H](c2cnc(Nc3ncccn3)cn2)C1. The van der Waals surface area contributed by atoms with Crippen molar-refractivity contribution >= 4 is 11.8 Å². The fraction of sp³-hybridized carbons (Fsp3) is 0.350. The second-order valence-electron chi connectivity index (χ2n) is 6.87. The van der Waals surface area contributed by atoms with E-state index in [4.69, 9.17) is 0 Å². The normalized spacial score (nSPS) is 17.6. The van der Waals surface area contributed by atoms with Gasteiger partial charge in [0.25, 0.3) is 0 Å². The van der Waals surface area contributed by atoms with Gasteiger partial charge in [-0.2, -0.15) is 0 Å². The van der Waals surface area contributed by atoms with E-state index in [1.165, 1.54) is 5.56 Å². The molecule has 1 aliphatic heterocycles. The van der Waals surface area contributed by atoms with Gasteiger partial charge in [0.05, 0.1) is 23.8 Å². The molecule has 1 aliphatic rings. The molecule has 3 aromatic rings. The van der Waals surface area contributed by atoms with Crippen LogP contribution in [0.1, 0.15) is 35.7 Å². The van der Waals surface area contributed by atoms with Crippen LogP contribution in [0.25, 0.3) is 0 Å². The Balaban J connectivity index is 1.40. The summed E-state index contributed by atoms with van der Waals surface area (Å²) in [4.78, 5) is 24.4. The first-order chi connectivity index (χ1) is 13.3. The summed E-state index contributed by atoms with van der Waals surface area (Å²) in [6.07, 6.45) is 11.2. The van der Waals surface area contributed by atoms with Crippen molar-refractivity contribution in [2.75, 3.05) is 18.4 Å². The van der Waals surface area contributed by atoms with Crippen LogP contribution in [0, 0.1) is 6.92 Å². The van der Waals surface area contributed by atoms with Crippen LogP contribution in [0.3, 0.4) is 0 Å². The maximum absolute atomic E-state index is 4.63. The smallest absolute Gasteiger partial charge is 0.228 e. The van der Waals surface area contributed by atoms with Gasteiger partial charge < -0.3 is 5.32 Å². The average molecular weight is 361 g/mol. The number of piperidine rings is 1. The molecule has 7 heteroatoms. The van der Waals surface area contributed by atoms with Crippen molar-refractivity contribution < 1.29 is 0 Å². The number of hydrogen-bond donors (Lipinski definition) is 1. The molecule has 27 heavy (non-hydrogen) atoms. The van der Waals surface area contributed by atoms with E-state index in [0.29, 0.717) is 17.7 Å². The van der Waals surface area contributed by atoms with Crippen molar-refractivity contribution in [3.63, 3.8) is 0 Å². The van der Waals surface area contributed by atoms with Crippen LogP contribution >= 0.6 is 0 Å². The van der Waals surface area contributed by atoms with Crippen LogP contribution < -0.4 is 5.32 Å². The predicted molar refractivity (Wildman–Crippen MR) is 104 cm³/mol. The number of nitrogens with zero attached hydrogens (tertiary/aromatic N) is 6. The maximum Gasteiger partial charge on any atom is 0.228 e. The van der Waals surface area contributed by atoms with Gasteiger partial charge in [0.1, 0.15) is 0 Å². The quantitative estimate of drug-likeness (QED) is 0.748. The van der Waals surface area contributed by atoms with Crippen molar-refractivity contribution in [3.05, 3.63) is 66.1 Å². The maximum atomic E-state index is 4.63. The van der Waals surface area contributed by atoms with E-state index < -0.39 is 0 Å². The molecular formula is C20H23N7. The zero-order chi connectivity index (χ0) is 18.5. The number of rotatable bonds is 5. The molecule has 138 valence electrons. The van der Waals surface area contributed by atoms with Gasteiger partial charge in [-0.1, -0.05) is 6.07 Å². The molecule has 3 aromatic heterocycles. The fourth-order valence-corrected chi connectivity index (χ4v) is 3.43. The van der Waals surface area contributed by atoms with E-state index in [9.17, 15) is 0 Å². The lowest BCUT2D eigenvalue weighted by molar-refractivity contribution is 0.196. The molecule has 1 N–H and O–H groups in total. The molecule has 1 fully saturated rings. The molecule has 0 aliphatic carbocycles. The molecule has 0 amide bonds. The zero-order valence-electron chi connectivity index (χ0n) is 15.4. The van der Waals surface area contributed by atoms with Crippen LogP contribution in [-0.2, 0) is 6.54 Å². The molecule has 4 rings (SSSR count). The van der Waals surface area contributed by atoms with Crippen LogP contribution in [0.2, 0.25) is 0 Å². The Morgan fingerprint density at radius 1 is 1.04 bits per heavy atom. The van der Waals surface area contributed by atoms with E-state index in [2.05, 4.69) is 48.1 Å². The van der Waals surface area contributed by atoms with Gasteiger partial charge in [0.2, 0.25) is 5.95 Å². The highest BCUT2D eigenvalue weighted by atomic mass is 15.2. The summed E-state index contributed by atoms with van der Waals surface area (Å²) >= 11 is 0. The molecule has 0 bridgehead atoms. The number of hydrogen-bond acceptors (Lipinski definition) is 7.